The van der Waals surface area contributed by atoms with E-state index in [1.165, 1.54) is 16.4 Å². The number of nitrogens with one attached hydrogen (secondary N) is 1. The average molecular weight is 434 g/mol. The van der Waals surface area contributed by atoms with Gasteiger partial charge in [0.2, 0.25) is 15.9 Å². The number of benzene rings is 2. The van der Waals surface area contributed by atoms with Crippen molar-refractivity contribution < 1.29 is 17.6 Å². The SMILES string of the molecule is Cc1ccc(S(=O)(=O)N2CCCN([C@@H](C)C(=O)NCc3ccc(F)cc3)CC2)cc1. The molecule has 1 aliphatic rings. The molecule has 0 aliphatic carbocycles. The highest BCUT2D eigenvalue weighted by Crippen LogP contribution is 2.19. The Kier molecular flexibility index (Phi) is 7.23. The highest BCUT2D eigenvalue weighted by atomic mass is 32.2. The zero-order valence-electron chi connectivity index (χ0n) is 17.3. The van der Waals surface area contributed by atoms with E-state index in [4.69, 9.17) is 0 Å². The van der Waals surface area contributed by atoms with Gasteiger partial charge in [0, 0.05) is 32.7 Å². The molecule has 1 saturated heterocycles. The number of nitrogens with zero attached hydrogens (tertiary/aromatic N) is 2. The lowest BCUT2D eigenvalue weighted by Gasteiger charge is -2.27. The molecule has 0 unspecified atom stereocenters. The normalized spacial score (nSPS) is 17.3. The third-order valence-electron chi connectivity index (χ3n) is 5.46. The van der Waals surface area contributed by atoms with Crippen LogP contribution in [0.5, 0.6) is 0 Å². The summed E-state index contributed by atoms with van der Waals surface area (Å²) in [5.41, 5.74) is 1.83. The number of aryl methyl sites for hydroxylation is 1. The molecule has 2 aromatic carbocycles. The Morgan fingerprint density at radius 2 is 1.70 bits per heavy atom. The molecule has 0 radical (unpaired) electrons. The van der Waals surface area contributed by atoms with Gasteiger partial charge in [0.25, 0.3) is 0 Å². The van der Waals surface area contributed by atoms with E-state index in [0.29, 0.717) is 44.0 Å². The van der Waals surface area contributed by atoms with Crippen molar-refractivity contribution >= 4 is 15.9 Å². The van der Waals surface area contributed by atoms with Crippen LogP contribution in [0.15, 0.2) is 53.4 Å². The van der Waals surface area contributed by atoms with Gasteiger partial charge in [0.1, 0.15) is 5.82 Å². The molecule has 8 heteroatoms. The number of sulfonamides is 1. The lowest BCUT2D eigenvalue weighted by molar-refractivity contribution is -0.126. The lowest BCUT2D eigenvalue weighted by Crippen LogP contribution is -2.46. The Balaban J connectivity index is 1.57. The molecule has 1 aliphatic heterocycles. The Morgan fingerprint density at radius 3 is 2.37 bits per heavy atom. The first kappa shape index (κ1) is 22.4. The van der Waals surface area contributed by atoms with Gasteiger partial charge in [0.15, 0.2) is 0 Å². The minimum absolute atomic E-state index is 0.130. The number of hydrogen-bond acceptors (Lipinski definition) is 4. The molecule has 0 bridgehead atoms. The second-order valence-electron chi connectivity index (χ2n) is 7.63. The van der Waals surface area contributed by atoms with Gasteiger partial charge in [-0.15, -0.1) is 0 Å². The summed E-state index contributed by atoms with van der Waals surface area (Å²) in [6.07, 6.45) is 0.653. The zero-order chi connectivity index (χ0) is 21.7. The van der Waals surface area contributed by atoms with Crippen molar-refractivity contribution in [3.63, 3.8) is 0 Å². The zero-order valence-corrected chi connectivity index (χ0v) is 18.2. The van der Waals surface area contributed by atoms with Gasteiger partial charge >= 0.3 is 0 Å². The second kappa shape index (κ2) is 9.68. The highest BCUT2D eigenvalue weighted by molar-refractivity contribution is 7.89. The van der Waals surface area contributed by atoms with Crippen LogP contribution in [-0.4, -0.2) is 55.8 Å². The predicted molar refractivity (Wildman–Crippen MR) is 114 cm³/mol. The van der Waals surface area contributed by atoms with E-state index in [1.54, 1.807) is 36.4 Å². The van der Waals surface area contributed by atoms with Gasteiger partial charge in [0.05, 0.1) is 10.9 Å². The minimum Gasteiger partial charge on any atom is -0.351 e. The Bertz CT molecular complexity index is 962. The topological polar surface area (TPSA) is 69.7 Å². The van der Waals surface area contributed by atoms with Gasteiger partial charge < -0.3 is 5.32 Å². The maximum absolute atomic E-state index is 13.0. The number of rotatable bonds is 6. The van der Waals surface area contributed by atoms with E-state index in [2.05, 4.69) is 5.32 Å². The molecular formula is C22H28FN3O3S. The van der Waals surface area contributed by atoms with Crippen LogP contribution in [0, 0.1) is 12.7 Å². The summed E-state index contributed by atoms with van der Waals surface area (Å²) in [7, 11) is -3.55. The molecule has 1 atom stereocenters. The van der Waals surface area contributed by atoms with E-state index in [0.717, 1.165) is 11.1 Å². The molecule has 6 nitrogen and oxygen atoms in total. The van der Waals surface area contributed by atoms with E-state index < -0.39 is 10.0 Å². The van der Waals surface area contributed by atoms with Crippen LogP contribution in [0.3, 0.4) is 0 Å². The lowest BCUT2D eigenvalue weighted by atomic mass is 10.2. The Morgan fingerprint density at radius 1 is 1.03 bits per heavy atom. The van der Waals surface area contributed by atoms with Crippen molar-refractivity contribution in [1.82, 2.24) is 14.5 Å². The van der Waals surface area contributed by atoms with Gasteiger partial charge in [-0.1, -0.05) is 29.8 Å². The molecule has 162 valence electrons. The Hall–Kier alpha value is -2.29. The highest BCUT2D eigenvalue weighted by Gasteiger charge is 2.29. The first-order valence-corrected chi connectivity index (χ1v) is 11.5. The molecule has 1 fully saturated rings. The van der Waals surface area contributed by atoms with Crippen molar-refractivity contribution in [3.05, 3.63) is 65.5 Å². The number of amides is 1. The van der Waals surface area contributed by atoms with Crippen molar-refractivity contribution in [3.8, 4) is 0 Å². The average Bonchev–Trinajstić information content (AvgIpc) is 3.00. The van der Waals surface area contributed by atoms with Crippen LogP contribution in [0.25, 0.3) is 0 Å². The summed E-state index contributed by atoms with van der Waals surface area (Å²) >= 11 is 0. The molecule has 0 saturated carbocycles. The van der Waals surface area contributed by atoms with Crippen molar-refractivity contribution in [2.75, 3.05) is 26.2 Å². The van der Waals surface area contributed by atoms with Crippen molar-refractivity contribution in [2.45, 2.75) is 37.8 Å². The molecule has 2 aromatic rings. The number of hydrogen-bond donors (Lipinski definition) is 1. The first-order valence-electron chi connectivity index (χ1n) is 10.1. The van der Waals surface area contributed by atoms with Crippen LogP contribution in [0.4, 0.5) is 4.39 Å². The molecule has 0 spiro atoms. The first-order chi connectivity index (χ1) is 14.3. The van der Waals surface area contributed by atoms with Crippen LogP contribution in [-0.2, 0) is 21.4 Å². The quantitative estimate of drug-likeness (QED) is 0.760. The molecule has 1 N–H and O–H groups in total. The summed E-state index contributed by atoms with van der Waals surface area (Å²) in [6, 6.07) is 12.5. The fourth-order valence-corrected chi connectivity index (χ4v) is 4.98. The smallest absolute Gasteiger partial charge is 0.243 e. The van der Waals surface area contributed by atoms with E-state index in [9.17, 15) is 17.6 Å². The third-order valence-corrected chi connectivity index (χ3v) is 7.37. The molecule has 30 heavy (non-hydrogen) atoms. The summed E-state index contributed by atoms with van der Waals surface area (Å²) in [5, 5.41) is 2.87. The molecule has 0 aromatic heterocycles. The number of carbonyl (C=O) groups excluding carboxylic acids is 1. The molecule has 1 amide bonds. The van der Waals surface area contributed by atoms with E-state index in [-0.39, 0.29) is 17.8 Å². The van der Waals surface area contributed by atoms with Crippen LogP contribution in [0.2, 0.25) is 0 Å². The fraction of sp³-hybridized carbons (Fsp3) is 0.409. The van der Waals surface area contributed by atoms with Gasteiger partial charge in [-0.3, -0.25) is 9.69 Å². The maximum Gasteiger partial charge on any atom is 0.243 e. The van der Waals surface area contributed by atoms with E-state index in [1.807, 2.05) is 18.7 Å². The molecular weight excluding hydrogens is 405 g/mol. The summed E-state index contributed by atoms with van der Waals surface area (Å²) in [5.74, 6) is -0.442. The van der Waals surface area contributed by atoms with Crippen LogP contribution < -0.4 is 5.32 Å². The van der Waals surface area contributed by atoms with Crippen LogP contribution >= 0.6 is 0 Å². The maximum atomic E-state index is 13.0. The predicted octanol–water partition coefficient (Wildman–Crippen LogP) is 2.54. The minimum atomic E-state index is -3.55. The second-order valence-corrected chi connectivity index (χ2v) is 9.56. The summed E-state index contributed by atoms with van der Waals surface area (Å²) < 4.78 is 40.4. The summed E-state index contributed by atoms with van der Waals surface area (Å²) in [6.45, 7) is 5.96. The molecule has 1 heterocycles. The largest absolute Gasteiger partial charge is 0.351 e. The monoisotopic (exact) mass is 433 g/mol. The summed E-state index contributed by atoms with van der Waals surface area (Å²) in [4.78, 5) is 14.9. The standard InChI is InChI=1S/C22H28FN3O3S/c1-17-4-10-21(11-5-17)30(28,29)26-13-3-12-25(14-15-26)18(2)22(27)24-16-19-6-8-20(23)9-7-19/h4-11,18H,3,12-16H2,1-2H3,(H,24,27)/t18-/m0/s1. The number of carbonyl (C=O) groups is 1. The fourth-order valence-electron chi connectivity index (χ4n) is 3.51. The van der Waals surface area contributed by atoms with Crippen LogP contribution in [0.1, 0.15) is 24.5 Å². The van der Waals surface area contributed by atoms with E-state index >= 15 is 0 Å². The molecule has 3 rings (SSSR count). The van der Waals surface area contributed by atoms with Crippen molar-refractivity contribution in [2.24, 2.45) is 0 Å². The van der Waals surface area contributed by atoms with Gasteiger partial charge in [-0.25, -0.2) is 12.8 Å². The van der Waals surface area contributed by atoms with Crippen molar-refractivity contribution in [1.29, 1.82) is 0 Å². The van der Waals surface area contributed by atoms with Gasteiger partial charge in [-0.05, 0) is 50.1 Å². The Labute approximate surface area is 177 Å². The third kappa shape index (κ3) is 5.44. The number of halogens is 1. The van der Waals surface area contributed by atoms with Gasteiger partial charge in [-0.2, -0.15) is 4.31 Å².